The van der Waals surface area contributed by atoms with Crippen LogP contribution in [0.5, 0.6) is 0 Å². The van der Waals surface area contributed by atoms with Crippen LogP contribution in [0.25, 0.3) is 5.70 Å². The van der Waals surface area contributed by atoms with E-state index in [1.807, 2.05) is 26.1 Å². The summed E-state index contributed by atoms with van der Waals surface area (Å²) in [5, 5.41) is 23.6. The lowest BCUT2D eigenvalue weighted by Gasteiger charge is -2.31. The predicted molar refractivity (Wildman–Crippen MR) is 113 cm³/mol. The molecule has 2 aromatic heterocycles. The summed E-state index contributed by atoms with van der Waals surface area (Å²) < 4.78 is 2.13. The highest BCUT2D eigenvalue weighted by atomic mass is 15.5. The van der Waals surface area contributed by atoms with E-state index >= 15 is 0 Å². The topological polar surface area (TPSA) is 107 Å². The summed E-state index contributed by atoms with van der Waals surface area (Å²) in [6.07, 6.45) is 9.74. The Balaban J connectivity index is 1.58. The lowest BCUT2D eigenvalue weighted by atomic mass is 9.83. The molecule has 0 aromatic carbocycles. The van der Waals surface area contributed by atoms with Gasteiger partial charge in [0, 0.05) is 30.4 Å². The number of fused-ring (bicyclic) bond motifs is 2. The molecule has 0 unspecified atom stereocenters. The standard InChI is InChI=1S/C21H28N8/c1-4-16(18(23-3)24-5-2)29-19(27-28-29)20-8-10-21(14-20,11-9-20)26-17-7-6-15(12-22)13-25-17/h5-7,13,23,28H,4,8-11,14H2,1-3H3,(H,25,26)/b18-16-,24-5?. The molecular formula is C21H28N8. The van der Waals surface area contributed by atoms with Crippen molar-refractivity contribution in [1.82, 2.24) is 25.3 Å². The van der Waals surface area contributed by atoms with E-state index in [1.54, 1.807) is 12.4 Å². The maximum atomic E-state index is 8.97. The first kappa shape index (κ1) is 19.2. The first-order valence-corrected chi connectivity index (χ1v) is 10.3. The summed E-state index contributed by atoms with van der Waals surface area (Å²) in [5.74, 6) is 2.84. The first-order valence-electron chi connectivity index (χ1n) is 10.3. The third-order valence-electron chi connectivity index (χ3n) is 6.44. The van der Waals surface area contributed by atoms with Crippen LogP contribution < -0.4 is 10.6 Å². The number of nitrogens with zero attached hydrogens (tertiary/aromatic N) is 5. The molecule has 2 fully saturated rings. The summed E-state index contributed by atoms with van der Waals surface area (Å²) in [6.45, 7) is 4.06. The van der Waals surface area contributed by atoms with Crippen LogP contribution in [-0.4, -0.2) is 38.8 Å². The van der Waals surface area contributed by atoms with Gasteiger partial charge >= 0.3 is 0 Å². The maximum Gasteiger partial charge on any atom is 0.157 e. The second-order valence-corrected chi connectivity index (χ2v) is 8.06. The average molecular weight is 393 g/mol. The largest absolute Gasteiger partial charge is 0.372 e. The van der Waals surface area contributed by atoms with Crippen molar-refractivity contribution in [3.8, 4) is 6.07 Å². The molecule has 2 saturated carbocycles. The van der Waals surface area contributed by atoms with Crippen molar-refractivity contribution >= 4 is 17.7 Å². The lowest BCUT2D eigenvalue weighted by Crippen LogP contribution is -2.34. The van der Waals surface area contributed by atoms with Gasteiger partial charge in [-0.15, -0.1) is 5.10 Å². The average Bonchev–Trinajstić information content (AvgIpc) is 3.25. The van der Waals surface area contributed by atoms with Gasteiger partial charge in [-0.25, -0.2) is 19.9 Å². The number of allylic oxidation sites excluding steroid dienone is 1. The van der Waals surface area contributed by atoms with Crippen molar-refractivity contribution in [2.45, 2.75) is 63.3 Å². The summed E-state index contributed by atoms with van der Waals surface area (Å²) in [4.78, 5) is 8.90. The minimum absolute atomic E-state index is 0.0500. The van der Waals surface area contributed by atoms with Gasteiger partial charge in [0.15, 0.2) is 5.82 Å². The number of aromatic amines is 1. The lowest BCUT2D eigenvalue weighted by molar-refractivity contribution is 0.347. The second kappa shape index (κ2) is 7.39. The molecule has 0 radical (unpaired) electrons. The molecule has 0 aliphatic heterocycles. The maximum absolute atomic E-state index is 8.97. The molecule has 4 rings (SSSR count). The van der Waals surface area contributed by atoms with Gasteiger partial charge in [-0.05, 0) is 57.6 Å². The highest BCUT2D eigenvalue weighted by Crippen LogP contribution is 2.58. The Labute approximate surface area is 171 Å². The molecule has 29 heavy (non-hydrogen) atoms. The smallest absolute Gasteiger partial charge is 0.157 e. The Hall–Kier alpha value is -3.08. The van der Waals surface area contributed by atoms with E-state index in [0.717, 1.165) is 61.7 Å². The van der Waals surface area contributed by atoms with Crippen molar-refractivity contribution in [3.63, 3.8) is 0 Å². The Bertz CT molecular complexity index is 961. The fourth-order valence-electron chi connectivity index (χ4n) is 5.02. The highest BCUT2D eigenvalue weighted by Gasteiger charge is 2.57. The zero-order valence-electron chi connectivity index (χ0n) is 17.3. The third kappa shape index (κ3) is 3.20. The van der Waals surface area contributed by atoms with Crippen molar-refractivity contribution in [1.29, 1.82) is 5.26 Å². The minimum Gasteiger partial charge on any atom is -0.372 e. The van der Waals surface area contributed by atoms with Crippen molar-refractivity contribution < 1.29 is 0 Å². The molecule has 0 atom stereocenters. The van der Waals surface area contributed by atoms with Gasteiger partial charge in [0.2, 0.25) is 0 Å². The van der Waals surface area contributed by atoms with Crippen molar-refractivity contribution in [2.24, 2.45) is 4.99 Å². The number of hydrogen-bond donors (Lipinski definition) is 3. The monoisotopic (exact) mass is 392 g/mol. The van der Waals surface area contributed by atoms with Crippen LogP contribution in [0.2, 0.25) is 0 Å². The zero-order chi connectivity index (χ0) is 20.5. The van der Waals surface area contributed by atoms with Crippen molar-refractivity contribution in [3.05, 3.63) is 35.5 Å². The van der Waals surface area contributed by atoms with Gasteiger partial charge in [0.25, 0.3) is 0 Å². The summed E-state index contributed by atoms with van der Waals surface area (Å²) >= 11 is 0. The number of H-pyrrole nitrogens is 1. The third-order valence-corrected chi connectivity index (χ3v) is 6.44. The van der Waals surface area contributed by atoms with Crippen LogP contribution in [0.3, 0.4) is 0 Å². The molecule has 152 valence electrons. The van der Waals surface area contributed by atoms with Gasteiger partial charge < -0.3 is 10.6 Å². The van der Waals surface area contributed by atoms with E-state index in [1.165, 1.54) is 0 Å². The summed E-state index contributed by atoms with van der Waals surface area (Å²) in [5.41, 5.74) is 1.82. The number of aliphatic imine (C=N–C) groups is 1. The van der Waals surface area contributed by atoms with Crippen LogP contribution in [0.1, 0.15) is 63.8 Å². The van der Waals surface area contributed by atoms with Crippen LogP contribution in [0.15, 0.2) is 29.1 Å². The van der Waals surface area contributed by atoms with E-state index in [-0.39, 0.29) is 11.0 Å². The molecule has 2 aromatic rings. The molecule has 0 amide bonds. The van der Waals surface area contributed by atoms with Crippen LogP contribution in [0, 0.1) is 11.3 Å². The number of nitrogens with one attached hydrogen (secondary N) is 3. The van der Waals surface area contributed by atoms with Crippen LogP contribution >= 0.6 is 0 Å². The number of aromatic nitrogens is 4. The predicted octanol–water partition coefficient (Wildman–Crippen LogP) is 3.39. The fourth-order valence-corrected chi connectivity index (χ4v) is 5.02. The molecule has 2 heterocycles. The van der Waals surface area contributed by atoms with E-state index in [9.17, 15) is 0 Å². The Morgan fingerprint density at radius 1 is 1.38 bits per heavy atom. The van der Waals surface area contributed by atoms with E-state index in [0.29, 0.717) is 5.56 Å². The number of pyridine rings is 1. The number of hydrogen-bond acceptors (Lipinski definition) is 6. The number of rotatable bonds is 7. The quantitative estimate of drug-likeness (QED) is 0.626. The number of anilines is 1. The van der Waals surface area contributed by atoms with Crippen LogP contribution in [-0.2, 0) is 5.41 Å². The summed E-state index contributed by atoms with van der Waals surface area (Å²) in [7, 11) is 1.90. The molecular weight excluding hydrogens is 364 g/mol. The van der Waals surface area contributed by atoms with Crippen LogP contribution in [0.4, 0.5) is 5.82 Å². The van der Waals surface area contributed by atoms with Gasteiger partial charge in [0.1, 0.15) is 17.7 Å². The first-order chi connectivity index (χ1) is 14.1. The Kier molecular flexibility index (Phi) is 4.91. The Morgan fingerprint density at radius 2 is 2.17 bits per heavy atom. The molecule has 3 N–H and O–H groups in total. The minimum atomic E-state index is 0.0500. The SMILES string of the molecule is CC=N/C(NC)=C(/CC)n1[nH]nc1C12CCC(Nc3ccc(C#N)cn3)(CC1)C2. The zero-order valence-corrected chi connectivity index (χ0v) is 17.3. The molecule has 2 aliphatic rings. The van der Waals surface area contributed by atoms with Crippen molar-refractivity contribution in [2.75, 3.05) is 12.4 Å². The fraction of sp³-hybridized carbons (Fsp3) is 0.524. The van der Waals surface area contributed by atoms with E-state index < -0.39 is 0 Å². The van der Waals surface area contributed by atoms with E-state index in [2.05, 4.69) is 48.6 Å². The molecule has 8 nitrogen and oxygen atoms in total. The highest BCUT2D eigenvalue weighted by molar-refractivity contribution is 5.60. The molecule has 0 saturated heterocycles. The summed E-state index contributed by atoms with van der Waals surface area (Å²) in [6, 6.07) is 5.84. The molecule has 2 bridgehead atoms. The number of nitriles is 1. The Morgan fingerprint density at radius 3 is 2.69 bits per heavy atom. The normalized spacial score (nSPS) is 26.6. The van der Waals surface area contributed by atoms with Gasteiger partial charge in [-0.1, -0.05) is 6.92 Å². The van der Waals surface area contributed by atoms with Gasteiger partial charge in [0.05, 0.1) is 11.3 Å². The van der Waals surface area contributed by atoms with Gasteiger partial charge in [-0.2, -0.15) is 5.26 Å². The second-order valence-electron chi connectivity index (χ2n) is 8.06. The van der Waals surface area contributed by atoms with Gasteiger partial charge in [-0.3, -0.25) is 0 Å². The molecule has 0 spiro atoms. The molecule has 2 aliphatic carbocycles. The van der Waals surface area contributed by atoms with E-state index in [4.69, 9.17) is 5.26 Å². The molecule has 8 heteroatoms.